The van der Waals surface area contributed by atoms with E-state index in [0.717, 1.165) is 30.6 Å². The van der Waals surface area contributed by atoms with Crippen LogP contribution in [-0.2, 0) is 13.0 Å². The number of hydrogen-bond acceptors (Lipinski definition) is 2. The van der Waals surface area contributed by atoms with Gasteiger partial charge in [0, 0.05) is 16.6 Å². The molecule has 0 saturated carbocycles. The zero-order valence-corrected chi connectivity index (χ0v) is 12.4. The Morgan fingerprint density at radius 1 is 1.24 bits per heavy atom. The van der Waals surface area contributed by atoms with Crippen LogP contribution in [0.15, 0.2) is 36.4 Å². The highest BCUT2D eigenvalue weighted by Crippen LogP contribution is 2.31. The molecule has 1 atom stereocenters. The zero-order valence-electron chi connectivity index (χ0n) is 11.6. The Balaban J connectivity index is 1.76. The fourth-order valence-electron chi connectivity index (χ4n) is 2.72. The summed E-state index contributed by atoms with van der Waals surface area (Å²) in [7, 11) is 0. The van der Waals surface area contributed by atoms with Crippen LogP contribution in [0.5, 0.6) is 5.75 Å². The van der Waals surface area contributed by atoms with Gasteiger partial charge in [-0.2, -0.15) is 0 Å². The summed E-state index contributed by atoms with van der Waals surface area (Å²) < 4.78 is 19.0. The fraction of sp³-hybridized carbons (Fsp3) is 0.294. The molecule has 0 aromatic heterocycles. The van der Waals surface area contributed by atoms with Gasteiger partial charge in [0.15, 0.2) is 0 Å². The molecular formula is C17H17ClFNO. The summed E-state index contributed by atoms with van der Waals surface area (Å²) in [6, 6.07) is 10.3. The summed E-state index contributed by atoms with van der Waals surface area (Å²) in [5.74, 6) is 0.428. The number of halogens is 2. The third-order valence-corrected chi connectivity index (χ3v) is 4.25. The molecule has 0 fully saturated rings. The molecule has 1 aliphatic rings. The number of rotatable bonds is 3. The molecule has 4 heteroatoms. The molecule has 110 valence electrons. The van der Waals surface area contributed by atoms with Crippen molar-refractivity contribution in [2.75, 3.05) is 0 Å². The second-order valence-corrected chi connectivity index (χ2v) is 5.79. The van der Waals surface area contributed by atoms with Gasteiger partial charge in [-0.3, -0.25) is 0 Å². The highest BCUT2D eigenvalue weighted by atomic mass is 35.5. The number of aryl methyl sites for hydroxylation is 1. The van der Waals surface area contributed by atoms with E-state index < -0.39 is 0 Å². The van der Waals surface area contributed by atoms with Gasteiger partial charge >= 0.3 is 0 Å². The van der Waals surface area contributed by atoms with Crippen molar-refractivity contribution in [2.24, 2.45) is 5.73 Å². The summed E-state index contributed by atoms with van der Waals surface area (Å²) in [5.41, 5.74) is 9.23. The molecule has 2 nitrogen and oxygen atoms in total. The highest BCUT2D eigenvalue weighted by molar-refractivity contribution is 6.31. The molecule has 0 aliphatic heterocycles. The average molecular weight is 306 g/mol. The van der Waals surface area contributed by atoms with E-state index in [-0.39, 0.29) is 18.5 Å². The molecule has 2 N–H and O–H groups in total. The molecule has 0 bridgehead atoms. The second-order valence-electron chi connectivity index (χ2n) is 5.38. The largest absolute Gasteiger partial charge is 0.489 e. The third kappa shape index (κ3) is 3.20. The molecule has 2 aromatic carbocycles. The van der Waals surface area contributed by atoms with E-state index in [4.69, 9.17) is 22.1 Å². The topological polar surface area (TPSA) is 35.2 Å². The summed E-state index contributed by atoms with van der Waals surface area (Å²) >= 11 is 6.03. The lowest BCUT2D eigenvalue weighted by Crippen LogP contribution is -2.17. The Labute approximate surface area is 128 Å². The van der Waals surface area contributed by atoms with Crippen LogP contribution in [0.2, 0.25) is 5.02 Å². The van der Waals surface area contributed by atoms with E-state index in [9.17, 15) is 4.39 Å². The van der Waals surface area contributed by atoms with Gasteiger partial charge in [0.05, 0.1) is 0 Å². The Kier molecular flexibility index (Phi) is 4.13. The minimum atomic E-state index is -0.314. The molecule has 0 heterocycles. The molecule has 3 rings (SSSR count). The summed E-state index contributed by atoms with van der Waals surface area (Å²) in [4.78, 5) is 0. The maximum atomic E-state index is 13.2. The van der Waals surface area contributed by atoms with E-state index >= 15 is 0 Å². The first-order chi connectivity index (χ1) is 10.1. The molecule has 2 aromatic rings. The van der Waals surface area contributed by atoms with E-state index in [1.165, 1.54) is 17.7 Å². The first kappa shape index (κ1) is 14.4. The standard InChI is InChI=1S/C17H17ClFNO/c18-16-7-5-13(19)8-12(16)10-21-14-6-4-11-2-1-3-17(20)15(11)9-14/h4-9,17H,1-3,10,20H2/t17-/m0/s1. The predicted octanol–water partition coefficient (Wildman–Crippen LogP) is 4.39. The van der Waals surface area contributed by atoms with Gasteiger partial charge in [0.2, 0.25) is 0 Å². The lowest BCUT2D eigenvalue weighted by molar-refractivity contribution is 0.304. The fourth-order valence-corrected chi connectivity index (χ4v) is 2.89. The molecule has 0 amide bonds. The van der Waals surface area contributed by atoms with Crippen LogP contribution < -0.4 is 10.5 Å². The first-order valence-electron chi connectivity index (χ1n) is 7.08. The Morgan fingerprint density at radius 2 is 2.10 bits per heavy atom. The summed E-state index contributed by atoms with van der Waals surface area (Å²) in [6.07, 6.45) is 3.21. The molecule has 0 unspecified atom stereocenters. The molecule has 1 aliphatic carbocycles. The molecule has 21 heavy (non-hydrogen) atoms. The van der Waals surface area contributed by atoms with Crippen molar-refractivity contribution in [1.29, 1.82) is 0 Å². The average Bonchev–Trinajstić information content (AvgIpc) is 2.49. The van der Waals surface area contributed by atoms with Crippen molar-refractivity contribution in [3.63, 3.8) is 0 Å². The molecular weight excluding hydrogens is 289 g/mol. The normalized spacial score (nSPS) is 17.4. The number of benzene rings is 2. The minimum Gasteiger partial charge on any atom is -0.489 e. The van der Waals surface area contributed by atoms with Crippen LogP contribution in [-0.4, -0.2) is 0 Å². The molecule has 0 radical (unpaired) electrons. The van der Waals surface area contributed by atoms with Crippen LogP contribution in [0, 0.1) is 5.82 Å². The Bertz CT molecular complexity index is 659. The maximum Gasteiger partial charge on any atom is 0.123 e. The predicted molar refractivity (Wildman–Crippen MR) is 82.1 cm³/mol. The van der Waals surface area contributed by atoms with Crippen LogP contribution in [0.3, 0.4) is 0 Å². The van der Waals surface area contributed by atoms with Gasteiger partial charge in [0.25, 0.3) is 0 Å². The van der Waals surface area contributed by atoms with E-state index in [1.807, 2.05) is 12.1 Å². The quantitative estimate of drug-likeness (QED) is 0.912. The number of ether oxygens (including phenoxy) is 1. The van der Waals surface area contributed by atoms with Gasteiger partial charge in [-0.15, -0.1) is 0 Å². The third-order valence-electron chi connectivity index (χ3n) is 3.88. The van der Waals surface area contributed by atoms with E-state index in [0.29, 0.717) is 10.6 Å². The van der Waals surface area contributed by atoms with Crippen LogP contribution >= 0.6 is 11.6 Å². The molecule has 0 saturated heterocycles. The van der Waals surface area contributed by atoms with Crippen LogP contribution in [0.1, 0.15) is 35.6 Å². The van der Waals surface area contributed by atoms with Crippen molar-refractivity contribution in [1.82, 2.24) is 0 Å². The van der Waals surface area contributed by atoms with Crippen molar-refractivity contribution in [2.45, 2.75) is 31.9 Å². The SMILES string of the molecule is N[C@H]1CCCc2ccc(OCc3cc(F)ccc3Cl)cc21. The lowest BCUT2D eigenvalue weighted by Gasteiger charge is -2.22. The van der Waals surface area contributed by atoms with Crippen molar-refractivity contribution < 1.29 is 9.13 Å². The monoisotopic (exact) mass is 305 g/mol. The number of hydrogen-bond donors (Lipinski definition) is 1. The zero-order chi connectivity index (χ0) is 14.8. The lowest BCUT2D eigenvalue weighted by atomic mass is 9.88. The number of fused-ring (bicyclic) bond motifs is 1. The first-order valence-corrected chi connectivity index (χ1v) is 7.46. The minimum absolute atomic E-state index is 0.0788. The van der Waals surface area contributed by atoms with Gasteiger partial charge in [0.1, 0.15) is 18.2 Å². The van der Waals surface area contributed by atoms with Gasteiger partial charge in [-0.1, -0.05) is 17.7 Å². The van der Waals surface area contributed by atoms with Gasteiger partial charge in [-0.05, 0) is 60.7 Å². The van der Waals surface area contributed by atoms with Crippen LogP contribution in [0.4, 0.5) is 4.39 Å². The van der Waals surface area contributed by atoms with Crippen molar-refractivity contribution in [3.05, 3.63) is 63.9 Å². The van der Waals surface area contributed by atoms with E-state index in [2.05, 4.69) is 6.07 Å². The Morgan fingerprint density at radius 3 is 2.95 bits per heavy atom. The number of nitrogens with two attached hydrogens (primary N) is 1. The Hall–Kier alpha value is -1.58. The summed E-state index contributed by atoms with van der Waals surface area (Å²) in [5, 5.41) is 0.506. The molecule has 0 spiro atoms. The smallest absolute Gasteiger partial charge is 0.123 e. The summed E-state index contributed by atoms with van der Waals surface area (Å²) in [6.45, 7) is 0.241. The second kappa shape index (κ2) is 6.04. The van der Waals surface area contributed by atoms with Gasteiger partial charge in [-0.25, -0.2) is 4.39 Å². The van der Waals surface area contributed by atoms with Crippen molar-refractivity contribution in [3.8, 4) is 5.75 Å². The maximum absolute atomic E-state index is 13.2. The van der Waals surface area contributed by atoms with Crippen molar-refractivity contribution >= 4 is 11.6 Å². The van der Waals surface area contributed by atoms with Crippen LogP contribution in [0.25, 0.3) is 0 Å². The van der Waals surface area contributed by atoms with E-state index in [1.54, 1.807) is 6.07 Å². The highest BCUT2D eigenvalue weighted by Gasteiger charge is 2.17. The van der Waals surface area contributed by atoms with Gasteiger partial charge < -0.3 is 10.5 Å².